The van der Waals surface area contributed by atoms with Gasteiger partial charge in [-0.15, -0.1) is 0 Å². The quantitative estimate of drug-likeness (QED) is 0.824. The fourth-order valence-corrected chi connectivity index (χ4v) is 2.86. The van der Waals surface area contributed by atoms with Crippen LogP contribution in [0.4, 0.5) is 5.69 Å². The Bertz CT molecular complexity index is 545. The second kappa shape index (κ2) is 6.94. The maximum atomic E-state index is 12.0. The van der Waals surface area contributed by atoms with Gasteiger partial charge in [-0.3, -0.25) is 9.59 Å². The molecule has 1 aromatic rings. The molecule has 114 valence electrons. The Morgan fingerprint density at radius 3 is 2.62 bits per heavy atom. The van der Waals surface area contributed by atoms with Gasteiger partial charge in [0.15, 0.2) is 0 Å². The molecule has 0 aromatic heterocycles. The number of benzene rings is 1. The summed E-state index contributed by atoms with van der Waals surface area (Å²) >= 11 is 6.00. The molecule has 1 aliphatic rings. The maximum Gasteiger partial charge on any atom is 0.313 e. The highest BCUT2D eigenvalue weighted by Crippen LogP contribution is 2.24. The molecule has 2 N–H and O–H groups in total. The summed E-state index contributed by atoms with van der Waals surface area (Å²) in [7, 11) is 0. The van der Waals surface area contributed by atoms with Crippen LogP contribution in [0.15, 0.2) is 18.2 Å². The van der Waals surface area contributed by atoms with Crippen molar-refractivity contribution >= 4 is 29.1 Å². The second-order valence-corrected chi connectivity index (χ2v) is 6.12. The van der Waals surface area contributed by atoms with Gasteiger partial charge < -0.3 is 10.6 Å². The van der Waals surface area contributed by atoms with Gasteiger partial charge in [0.2, 0.25) is 0 Å². The Morgan fingerprint density at radius 2 is 1.90 bits per heavy atom. The van der Waals surface area contributed by atoms with E-state index in [9.17, 15) is 9.59 Å². The molecule has 5 heteroatoms. The molecule has 0 unspecified atom stereocenters. The molecule has 1 aromatic carbocycles. The SMILES string of the molecule is Cc1c(Cl)cccc1NC(=O)C(=O)N[C@@H]1CCCC[C@@H]1C. The minimum atomic E-state index is -0.641. The fourth-order valence-electron chi connectivity index (χ4n) is 2.69. The molecule has 0 heterocycles. The lowest BCUT2D eigenvalue weighted by Crippen LogP contribution is -2.45. The molecule has 21 heavy (non-hydrogen) atoms. The van der Waals surface area contributed by atoms with Crippen molar-refractivity contribution < 1.29 is 9.59 Å². The topological polar surface area (TPSA) is 58.2 Å². The van der Waals surface area contributed by atoms with Crippen LogP contribution in [0.25, 0.3) is 0 Å². The number of halogens is 1. The largest absolute Gasteiger partial charge is 0.345 e. The van der Waals surface area contributed by atoms with Crippen LogP contribution in [0.1, 0.15) is 38.2 Å². The predicted octanol–water partition coefficient (Wildman–Crippen LogP) is 3.28. The van der Waals surface area contributed by atoms with Crippen molar-refractivity contribution in [3.05, 3.63) is 28.8 Å². The number of rotatable bonds is 2. The first-order valence-electron chi connectivity index (χ1n) is 7.36. The Kier molecular flexibility index (Phi) is 5.23. The molecule has 1 fully saturated rings. The van der Waals surface area contributed by atoms with Gasteiger partial charge in [0.05, 0.1) is 0 Å². The van der Waals surface area contributed by atoms with Gasteiger partial charge >= 0.3 is 11.8 Å². The van der Waals surface area contributed by atoms with Crippen molar-refractivity contribution in [1.29, 1.82) is 0 Å². The molecule has 0 spiro atoms. The summed E-state index contributed by atoms with van der Waals surface area (Å²) in [6.07, 6.45) is 4.34. The average molecular weight is 309 g/mol. The zero-order valence-corrected chi connectivity index (χ0v) is 13.2. The molecule has 1 saturated carbocycles. The summed E-state index contributed by atoms with van der Waals surface area (Å²) in [5.41, 5.74) is 1.32. The van der Waals surface area contributed by atoms with Crippen molar-refractivity contribution in [2.45, 2.75) is 45.6 Å². The van der Waals surface area contributed by atoms with Crippen molar-refractivity contribution in [1.82, 2.24) is 5.32 Å². The molecule has 4 nitrogen and oxygen atoms in total. The van der Waals surface area contributed by atoms with Crippen molar-refractivity contribution in [2.24, 2.45) is 5.92 Å². The van der Waals surface area contributed by atoms with E-state index in [4.69, 9.17) is 11.6 Å². The first-order chi connectivity index (χ1) is 9.99. The monoisotopic (exact) mass is 308 g/mol. The maximum absolute atomic E-state index is 12.0. The third kappa shape index (κ3) is 3.97. The summed E-state index contributed by atoms with van der Waals surface area (Å²) < 4.78 is 0. The third-order valence-corrected chi connectivity index (χ3v) is 4.56. The Hall–Kier alpha value is -1.55. The molecule has 2 amide bonds. The van der Waals surface area contributed by atoms with E-state index in [0.717, 1.165) is 24.8 Å². The van der Waals surface area contributed by atoms with E-state index in [1.165, 1.54) is 6.42 Å². The van der Waals surface area contributed by atoms with Crippen LogP contribution in [-0.4, -0.2) is 17.9 Å². The van der Waals surface area contributed by atoms with Crippen LogP contribution in [0, 0.1) is 12.8 Å². The lowest BCUT2D eigenvalue weighted by Gasteiger charge is -2.29. The standard InChI is InChI=1S/C16H21ClN2O2/c1-10-6-3-4-8-13(10)18-15(20)16(21)19-14-9-5-7-12(17)11(14)2/h5,7,9-10,13H,3-4,6,8H2,1-2H3,(H,18,20)(H,19,21)/t10-,13+/m0/s1. The van der Waals surface area contributed by atoms with Crippen LogP contribution >= 0.6 is 11.6 Å². The first kappa shape index (κ1) is 15.8. The average Bonchev–Trinajstić information content (AvgIpc) is 2.46. The van der Waals surface area contributed by atoms with Crippen molar-refractivity contribution in [2.75, 3.05) is 5.32 Å². The normalized spacial score (nSPS) is 21.7. The minimum Gasteiger partial charge on any atom is -0.345 e. The molecule has 1 aliphatic carbocycles. The summed E-state index contributed by atoms with van der Waals surface area (Å²) in [6, 6.07) is 5.32. The number of amides is 2. The van der Waals surface area contributed by atoms with Gasteiger partial charge in [-0.25, -0.2) is 0 Å². The number of carbonyl (C=O) groups is 2. The van der Waals surface area contributed by atoms with Crippen LogP contribution in [-0.2, 0) is 9.59 Å². The van der Waals surface area contributed by atoms with Gasteiger partial charge in [0.25, 0.3) is 0 Å². The second-order valence-electron chi connectivity index (χ2n) is 5.71. The summed E-state index contributed by atoms with van der Waals surface area (Å²) in [5.74, 6) is -0.797. The smallest absolute Gasteiger partial charge is 0.313 e. The molecular weight excluding hydrogens is 288 g/mol. The van der Waals surface area contributed by atoms with Crippen LogP contribution in [0.5, 0.6) is 0 Å². The van der Waals surface area contributed by atoms with Gasteiger partial charge in [-0.1, -0.05) is 37.4 Å². The van der Waals surface area contributed by atoms with Gasteiger partial charge in [0.1, 0.15) is 0 Å². The molecule has 2 rings (SSSR count). The van der Waals surface area contributed by atoms with E-state index in [-0.39, 0.29) is 6.04 Å². The first-order valence-corrected chi connectivity index (χ1v) is 7.74. The number of carbonyl (C=O) groups excluding carboxylic acids is 2. The van der Waals surface area contributed by atoms with E-state index < -0.39 is 11.8 Å². The van der Waals surface area contributed by atoms with Gasteiger partial charge in [-0.2, -0.15) is 0 Å². The third-order valence-electron chi connectivity index (χ3n) is 4.15. The fraction of sp³-hybridized carbons (Fsp3) is 0.500. The molecule has 2 atom stereocenters. The van der Waals surface area contributed by atoms with Gasteiger partial charge in [-0.05, 0) is 43.4 Å². The Labute approximate surface area is 130 Å². The zero-order valence-electron chi connectivity index (χ0n) is 12.4. The van der Waals surface area contributed by atoms with Crippen LogP contribution in [0.3, 0.4) is 0 Å². The lowest BCUT2D eigenvalue weighted by atomic mass is 9.86. The van der Waals surface area contributed by atoms with E-state index in [1.54, 1.807) is 25.1 Å². The number of hydrogen-bond acceptors (Lipinski definition) is 2. The van der Waals surface area contributed by atoms with E-state index >= 15 is 0 Å². The highest BCUT2D eigenvalue weighted by atomic mass is 35.5. The molecule has 0 aliphatic heterocycles. The van der Waals surface area contributed by atoms with Crippen LogP contribution in [0.2, 0.25) is 5.02 Å². The Balaban J connectivity index is 1.96. The predicted molar refractivity (Wildman–Crippen MR) is 84.4 cm³/mol. The number of hydrogen-bond donors (Lipinski definition) is 2. The van der Waals surface area contributed by atoms with E-state index in [1.807, 2.05) is 0 Å². The zero-order chi connectivity index (χ0) is 15.4. The molecule has 0 bridgehead atoms. The summed E-state index contributed by atoms with van der Waals surface area (Å²) in [6.45, 7) is 3.92. The highest BCUT2D eigenvalue weighted by molar-refractivity contribution is 6.40. The lowest BCUT2D eigenvalue weighted by molar-refractivity contribution is -0.137. The Morgan fingerprint density at radius 1 is 1.19 bits per heavy atom. The van der Waals surface area contributed by atoms with Crippen LogP contribution < -0.4 is 10.6 Å². The van der Waals surface area contributed by atoms with Crippen molar-refractivity contribution in [3.63, 3.8) is 0 Å². The molecule has 0 radical (unpaired) electrons. The van der Waals surface area contributed by atoms with Gasteiger partial charge in [0, 0.05) is 16.8 Å². The summed E-state index contributed by atoms with van der Waals surface area (Å²) in [5, 5.41) is 6.02. The van der Waals surface area contributed by atoms with E-state index in [2.05, 4.69) is 17.6 Å². The highest BCUT2D eigenvalue weighted by Gasteiger charge is 2.25. The minimum absolute atomic E-state index is 0.0949. The summed E-state index contributed by atoms with van der Waals surface area (Å²) in [4.78, 5) is 24.0. The number of anilines is 1. The molecule has 0 saturated heterocycles. The molecular formula is C16H21ClN2O2. The number of nitrogens with one attached hydrogen (secondary N) is 2. The van der Waals surface area contributed by atoms with Crippen molar-refractivity contribution in [3.8, 4) is 0 Å². The van der Waals surface area contributed by atoms with E-state index in [0.29, 0.717) is 16.6 Å².